The van der Waals surface area contributed by atoms with E-state index in [1.807, 2.05) is 0 Å². The first kappa shape index (κ1) is 15.8. The quantitative estimate of drug-likeness (QED) is 0.876. The zero-order valence-corrected chi connectivity index (χ0v) is 12.7. The molecule has 1 heterocycles. The predicted molar refractivity (Wildman–Crippen MR) is 81.5 cm³/mol. The average Bonchev–Trinajstić information content (AvgIpc) is 2.51. The second kappa shape index (κ2) is 6.91. The Morgan fingerprint density at radius 1 is 1.29 bits per heavy atom. The van der Waals surface area contributed by atoms with Crippen LogP contribution in [-0.4, -0.2) is 64.7 Å². The number of benzene rings is 1. The number of hydrogen-bond donors (Lipinski definition) is 2. The van der Waals surface area contributed by atoms with Crippen molar-refractivity contribution in [3.8, 4) is 5.75 Å². The molecule has 0 aliphatic carbocycles. The molecule has 0 bridgehead atoms. The maximum Gasteiger partial charge on any atom is 0.257 e. The van der Waals surface area contributed by atoms with E-state index in [1.54, 1.807) is 30.0 Å². The molecular formula is C16H24N2O3. The van der Waals surface area contributed by atoms with Crippen LogP contribution in [0.25, 0.3) is 0 Å². The molecule has 21 heavy (non-hydrogen) atoms. The van der Waals surface area contributed by atoms with Crippen molar-refractivity contribution in [2.45, 2.75) is 26.3 Å². The minimum Gasteiger partial charge on any atom is -0.507 e. The number of aliphatic hydroxyl groups is 1. The molecule has 1 fully saturated rings. The van der Waals surface area contributed by atoms with Crippen molar-refractivity contribution >= 4 is 5.91 Å². The molecule has 0 saturated carbocycles. The van der Waals surface area contributed by atoms with Crippen molar-refractivity contribution < 1.29 is 15.0 Å². The fourth-order valence-electron chi connectivity index (χ4n) is 2.79. The molecule has 1 aliphatic heterocycles. The largest absolute Gasteiger partial charge is 0.507 e. The number of para-hydroxylation sites is 1. The number of hydrogen-bond acceptors (Lipinski definition) is 4. The number of phenolic OH excluding ortho intramolecular Hbond substituents is 1. The highest BCUT2D eigenvalue weighted by Crippen LogP contribution is 2.23. The van der Waals surface area contributed by atoms with Gasteiger partial charge in [-0.2, -0.15) is 0 Å². The molecule has 116 valence electrons. The first-order valence-corrected chi connectivity index (χ1v) is 7.51. The summed E-state index contributed by atoms with van der Waals surface area (Å²) in [5.41, 5.74) is 1.09. The number of aliphatic hydroxyl groups excluding tert-OH is 1. The molecule has 1 aromatic carbocycles. The number of aryl methyl sites for hydroxylation is 1. The third-order valence-corrected chi connectivity index (χ3v) is 4.27. The Morgan fingerprint density at radius 2 is 1.95 bits per heavy atom. The minimum absolute atomic E-state index is 0.0757. The number of carbonyl (C=O) groups excluding carboxylic acids is 1. The van der Waals surface area contributed by atoms with Crippen molar-refractivity contribution in [2.24, 2.45) is 0 Å². The van der Waals surface area contributed by atoms with Gasteiger partial charge in [-0.1, -0.05) is 19.1 Å². The molecule has 2 N–H and O–H groups in total. The van der Waals surface area contributed by atoms with Crippen molar-refractivity contribution in [1.82, 2.24) is 9.80 Å². The molecule has 0 radical (unpaired) electrons. The molecular weight excluding hydrogens is 268 g/mol. The van der Waals surface area contributed by atoms with Gasteiger partial charge in [0.2, 0.25) is 0 Å². The van der Waals surface area contributed by atoms with E-state index in [9.17, 15) is 15.0 Å². The van der Waals surface area contributed by atoms with Gasteiger partial charge in [-0.05, 0) is 25.0 Å². The van der Waals surface area contributed by atoms with Gasteiger partial charge >= 0.3 is 0 Å². The van der Waals surface area contributed by atoms with Gasteiger partial charge in [0, 0.05) is 32.2 Å². The van der Waals surface area contributed by atoms with Crippen molar-refractivity contribution in [3.05, 3.63) is 29.3 Å². The summed E-state index contributed by atoms with van der Waals surface area (Å²) in [5.74, 6) is -0.0420. The van der Waals surface area contributed by atoms with Crippen LogP contribution < -0.4 is 0 Å². The predicted octanol–water partition coefficient (Wildman–Crippen LogP) is 1.23. The molecule has 1 atom stereocenters. The highest BCUT2D eigenvalue weighted by Gasteiger charge is 2.26. The second-order valence-electron chi connectivity index (χ2n) is 5.54. The lowest BCUT2D eigenvalue weighted by Gasteiger charge is -2.38. The van der Waals surface area contributed by atoms with Crippen LogP contribution in [0.5, 0.6) is 5.75 Å². The Bertz CT molecular complexity index is 492. The number of rotatable bonds is 4. The van der Waals surface area contributed by atoms with Gasteiger partial charge in [0.15, 0.2) is 0 Å². The average molecular weight is 292 g/mol. The minimum atomic E-state index is -0.118. The monoisotopic (exact) mass is 292 g/mol. The third kappa shape index (κ3) is 3.36. The molecule has 5 heteroatoms. The maximum atomic E-state index is 12.5. The standard InChI is InChI=1S/C16H24N2O3/c1-3-13(11-19)17-7-9-18(10-8-17)16(21)14-6-4-5-12(2)15(14)20/h4-6,13,19-20H,3,7-11H2,1-2H3. The molecule has 0 spiro atoms. The Kier molecular flexibility index (Phi) is 5.20. The SMILES string of the molecule is CCC(CO)N1CCN(C(=O)c2cccc(C)c2O)CC1. The molecule has 1 aromatic rings. The highest BCUT2D eigenvalue weighted by atomic mass is 16.3. The highest BCUT2D eigenvalue weighted by molar-refractivity contribution is 5.97. The second-order valence-corrected chi connectivity index (χ2v) is 5.54. The van der Waals surface area contributed by atoms with Crippen LogP contribution in [0.3, 0.4) is 0 Å². The van der Waals surface area contributed by atoms with E-state index in [2.05, 4.69) is 11.8 Å². The first-order chi connectivity index (χ1) is 10.1. The Balaban J connectivity index is 2.02. The van der Waals surface area contributed by atoms with Gasteiger partial charge < -0.3 is 15.1 Å². The molecule has 2 rings (SSSR count). The van der Waals surface area contributed by atoms with Crippen LogP contribution in [0.4, 0.5) is 0 Å². The molecule has 1 unspecified atom stereocenters. The zero-order valence-electron chi connectivity index (χ0n) is 12.7. The van der Waals surface area contributed by atoms with E-state index < -0.39 is 0 Å². The number of piperazine rings is 1. The Hall–Kier alpha value is -1.59. The molecule has 0 aromatic heterocycles. The van der Waals surface area contributed by atoms with Gasteiger partial charge in [0.25, 0.3) is 5.91 Å². The van der Waals surface area contributed by atoms with Gasteiger partial charge in [-0.15, -0.1) is 0 Å². The van der Waals surface area contributed by atoms with E-state index >= 15 is 0 Å². The van der Waals surface area contributed by atoms with E-state index in [1.165, 1.54) is 0 Å². The molecule has 1 saturated heterocycles. The summed E-state index contributed by atoms with van der Waals surface area (Å²) in [6.07, 6.45) is 0.906. The Morgan fingerprint density at radius 3 is 2.52 bits per heavy atom. The van der Waals surface area contributed by atoms with Crippen LogP contribution >= 0.6 is 0 Å². The van der Waals surface area contributed by atoms with Crippen LogP contribution in [-0.2, 0) is 0 Å². The zero-order chi connectivity index (χ0) is 15.4. The van der Waals surface area contributed by atoms with Crippen molar-refractivity contribution in [3.63, 3.8) is 0 Å². The maximum absolute atomic E-state index is 12.5. The number of nitrogens with zero attached hydrogens (tertiary/aromatic N) is 2. The van der Waals surface area contributed by atoms with Crippen molar-refractivity contribution in [2.75, 3.05) is 32.8 Å². The topological polar surface area (TPSA) is 64.0 Å². The van der Waals surface area contributed by atoms with Gasteiger partial charge in [0.1, 0.15) is 5.75 Å². The van der Waals surface area contributed by atoms with Gasteiger partial charge in [0.05, 0.1) is 12.2 Å². The van der Waals surface area contributed by atoms with E-state index in [0.29, 0.717) is 24.2 Å². The van der Waals surface area contributed by atoms with Crippen LogP contribution in [0, 0.1) is 6.92 Å². The lowest BCUT2D eigenvalue weighted by Crippen LogP contribution is -2.52. The summed E-state index contributed by atoms with van der Waals surface area (Å²) in [7, 11) is 0. The fourth-order valence-corrected chi connectivity index (χ4v) is 2.79. The lowest BCUT2D eigenvalue weighted by molar-refractivity contribution is 0.0470. The summed E-state index contributed by atoms with van der Waals surface area (Å²) in [6, 6.07) is 5.42. The molecule has 5 nitrogen and oxygen atoms in total. The van der Waals surface area contributed by atoms with Crippen molar-refractivity contribution in [1.29, 1.82) is 0 Å². The van der Waals surface area contributed by atoms with Crippen LogP contribution in [0.1, 0.15) is 29.3 Å². The van der Waals surface area contributed by atoms with Crippen LogP contribution in [0.2, 0.25) is 0 Å². The number of carbonyl (C=O) groups is 1. The van der Waals surface area contributed by atoms with E-state index in [4.69, 9.17) is 0 Å². The summed E-state index contributed by atoms with van der Waals surface area (Å²) in [4.78, 5) is 16.5. The van der Waals surface area contributed by atoms with E-state index in [-0.39, 0.29) is 24.3 Å². The third-order valence-electron chi connectivity index (χ3n) is 4.27. The summed E-state index contributed by atoms with van der Waals surface area (Å²) >= 11 is 0. The number of amides is 1. The number of aromatic hydroxyl groups is 1. The van der Waals surface area contributed by atoms with Crippen LogP contribution in [0.15, 0.2) is 18.2 Å². The summed E-state index contributed by atoms with van der Waals surface area (Å²) in [6.45, 7) is 6.78. The smallest absolute Gasteiger partial charge is 0.257 e. The van der Waals surface area contributed by atoms with Gasteiger partial charge in [-0.25, -0.2) is 0 Å². The first-order valence-electron chi connectivity index (χ1n) is 7.51. The number of phenols is 1. The van der Waals surface area contributed by atoms with Gasteiger partial charge in [-0.3, -0.25) is 9.69 Å². The molecule has 1 amide bonds. The normalized spacial score (nSPS) is 17.8. The van der Waals surface area contributed by atoms with E-state index in [0.717, 1.165) is 19.5 Å². The fraction of sp³-hybridized carbons (Fsp3) is 0.562. The Labute approximate surface area is 125 Å². The summed E-state index contributed by atoms with van der Waals surface area (Å²) in [5, 5.41) is 19.4. The summed E-state index contributed by atoms with van der Waals surface area (Å²) < 4.78 is 0. The lowest BCUT2D eigenvalue weighted by atomic mass is 10.1. The molecule has 1 aliphatic rings.